The second kappa shape index (κ2) is 10.0. The maximum Gasteiger partial charge on any atom is 0.165 e. The van der Waals surface area contributed by atoms with Crippen molar-refractivity contribution in [3.05, 3.63) is 77.7 Å². The summed E-state index contributed by atoms with van der Waals surface area (Å²) in [6, 6.07) is 18.8. The van der Waals surface area contributed by atoms with E-state index < -0.39 is 0 Å². The molecule has 1 aliphatic heterocycles. The third kappa shape index (κ3) is 5.53. The molecular weight excluding hydrogens is 365 g/mol. The maximum atomic E-state index is 13.4. The molecule has 1 aliphatic rings. The fourth-order valence-corrected chi connectivity index (χ4v) is 3.21. The van der Waals surface area contributed by atoms with Crippen LogP contribution in [0, 0.1) is 12.7 Å². The minimum absolute atomic E-state index is 0.212. The van der Waals surface area contributed by atoms with E-state index in [-0.39, 0.29) is 11.4 Å². The Kier molecular flexibility index (Phi) is 7.71. The lowest BCUT2D eigenvalue weighted by atomic mass is 9.91. The Hall–Kier alpha value is -2.95. The van der Waals surface area contributed by atoms with Crippen LogP contribution >= 0.6 is 0 Å². The number of rotatable bonds is 2. The van der Waals surface area contributed by atoms with Gasteiger partial charge in [-0.05, 0) is 44.5 Å². The largest absolute Gasteiger partial charge is 0.384 e. The molecule has 154 valence electrons. The summed E-state index contributed by atoms with van der Waals surface area (Å²) in [4.78, 5) is 5.43. The number of halogens is 1. The summed E-state index contributed by atoms with van der Waals surface area (Å²) in [5, 5.41) is 8.16. The van der Waals surface area contributed by atoms with Gasteiger partial charge >= 0.3 is 0 Å². The van der Waals surface area contributed by atoms with Crippen molar-refractivity contribution >= 4 is 5.71 Å². The molecule has 4 nitrogen and oxygen atoms in total. The number of hydrogen-bond acceptors (Lipinski definition) is 3. The number of nitrogens with zero attached hydrogens (tertiary/aromatic N) is 3. The van der Waals surface area contributed by atoms with Crippen molar-refractivity contribution < 1.29 is 9.23 Å². The number of benzene rings is 2. The van der Waals surface area contributed by atoms with E-state index in [1.165, 1.54) is 11.6 Å². The van der Waals surface area contributed by atoms with Crippen LogP contribution in [-0.4, -0.2) is 15.5 Å². The Morgan fingerprint density at radius 3 is 2.14 bits per heavy atom. The minimum atomic E-state index is -0.245. The highest BCUT2D eigenvalue weighted by Gasteiger charge is 2.34. The summed E-state index contributed by atoms with van der Waals surface area (Å²) >= 11 is 0. The van der Waals surface area contributed by atoms with Crippen LogP contribution < -0.4 is 0 Å². The smallest absolute Gasteiger partial charge is 0.165 e. The van der Waals surface area contributed by atoms with Gasteiger partial charge in [-0.25, -0.2) is 4.39 Å². The molecule has 4 rings (SSSR count). The van der Waals surface area contributed by atoms with Crippen LogP contribution in [0.5, 0.6) is 0 Å². The molecule has 29 heavy (non-hydrogen) atoms. The monoisotopic (exact) mass is 395 g/mol. The van der Waals surface area contributed by atoms with E-state index in [4.69, 9.17) is 4.84 Å². The lowest BCUT2D eigenvalue weighted by molar-refractivity contribution is -0.00738. The Balaban J connectivity index is 0.000000191. The van der Waals surface area contributed by atoms with Gasteiger partial charge in [-0.2, -0.15) is 5.10 Å². The van der Waals surface area contributed by atoms with Crippen molar-refractivity contribution in [1.29, 1.82) is 0 Å². The van der Waals surface area contributed by atoms with E-state index >= 15 is 0 Å². The van der Waals surface area contributed by atoms with E-state index in [0.717, 1.165) is 23.5 Å². The van der Waals surface area contributed by atoms with E-state index in [1.807, 2.05) is 65.1 Å². The molecule has 0 fully saturated rings. The second-order valence-electron chi connectivity index (χ2n) is 6.97. The highest BCUT2D eigenvalue weighted by atomic mass is 19.1. The Labute approximate surface area is 173 Å². The van der Waals surface area contributed by atoms with Gasteiger partial charge in [-0.1, -0.05) is 61.5 Å². The molecule has 2 aromatic carbocycles. The van der Waals surface area contributed by atoms with Gasteiger partial charge in [0, 0.05) is 19.0 Å². The van der Waals surface area contributed by atoms with Crippen molar-refractivity contribution in [2.24, 2.45) is 12.2 Å². The van der Waals surface area contributed by atoms with Crippen molar-refractivity contribution in [3.8, 4) is 11.3 Å². The highest BCUT2D eigenvalue weighted by molar-refractivity contribution is 5.83. The van der Waals surface area contributed by atoms with Crippen LogP contribution in [0.2, 0.25) is 0 Å². The number of aryl methyl sites for hydroxylation is 2. The third-order valence-corrected chi connectivity index (χ3v) is 4.53. The predicted molar refractivity (Wildman–Crippen MR) is 117 cm³/mol. The van der Waals surface area contributed by atoms with Crippen molar-refractivity contribution in [1.82, 2.24) is 9.78 Å². The van der Waals surface area contributed by atoms with Crippen LogP contribution in [0.4, 0.5) is 4.39 Å². The highest BCUT2D eigenvalue weighted by Crippen LogP contribution is 2.33. The lowest BCUT2D eigenvalue weighted by Gasteiger charge is -2.21. The molecule has 0 bridgehead atoms. The molecule has 3 aromatic rings. The molecule has 0 aliphatic carbocycles. The molecule has 1 atom stereocenters. The minimum Gasteiger partial charge on any atom is -0.384 e. The summed E-state index contributed by atoms with van der Waals surface area (Å²) in [6.45, 7) is 9.96. The SMILES string of the molecule is CC.CC1=NOC(C)(c2ccccc2)C1.Cc1cc(-c2ccccc2F)n(C)n1. The molecule has 1 aromatic heterocycles. The van der Waals surface area contributed by atoms with Gasteiger partial charge < -0.3 is 4.84 Å². The van der Waals surface area contributed by atoms with E-state index in [2.05, 4.69) is 29.3 Å². The average Bonchev–Trinajstić information content (AvgIpc) is 3.26. The molecule has 0 spiro atoms. The van der Waals surface area contributed by atoms with Gasteiger partial charge in [-0.15, -0.1) is 0 Å². The van der Waals surface area contributed by atoms with Gasteiger partial charge in [0.05, 0.1) is 17.1 Å². The zero-order valence-corrected chi connectivity index (χ0v) is 18.1. The summed E-state index contributed by atoms with van der Waals surface area (Å²) in [6.07, 6.45) is 0.886. The van der Waals surface area contributed by atoms with Crippen LogP contribution in [-0.2, 0) is 17.5 Å². The first-order valence-electron chi connectivity index (χ1n) is 9.92. The molecule has 2 heterocycles. The first-order chi connectivity index (χ1) is 13.9. The molecular formula is C24H30FN3O. The van der Waals surface area contributed by atoms with Crippen molar-refractivity contribution in [3.63, 3.8) is 0 Å². The molecule has 0 saturated heterocycles. The lowest BCUT2D eigenvalue weighted by Crippen LogP contribution is -2.20. The number of oxime groups is 1. The van der Waals surface area contributed by atoms with Crippen LogP contribution in [0.3, 0.4) is 0 Å². The first kappa shape index (κ1) is 22.3. The van der Waals surface area contributed by atoms with E-state index in [1.54, 1.807) is 16.8 Å². The molecule has 0 N–H and O–H groups in total. The molecule has 5 heteroatoms. The summed E-state index contributed by atoms with van der Waals surface area (Å²) in [5.41, 5.74) is 4.30. The van der Waals surface area contributed by atoms with E-state index in [0.29, 0.717) is 5.56 Å². The number of aromatic nitrogens is 2. The standard InChI is InChI=1S/C11H11FN2.C11H13NO.C2H6/c1-8-7-11(14(2)13-8)9-5-3-4-6-10(9)12;1-9-8-11(2,13-12-9)10-6-4-3-5-7-10;1-2/h3-7H,1-2H3;3-7H,8H2,1-2H3;1-2H3. The van der Waals surface area contributed by atoms with Crippen molar-refractivity contribution in [2.45, 2.75) is 46.6 Å². The fraction of sp³-hybridized carbons (Fsp3) is 0.333. The predicted octanol–water partition coefficient (Wildman–Crippen LogP) is 6.26. The van der Waals surface area contributed by atoms with Gasteiger partial charge in [0.1, 0.15) is 5.82 Å². The van der Waals surface area contributed by atoms with Crippen LogP contribution in [0.15, 0.2) is 65.8 Å². The second-order valence-corrected chi connectivity index (χ2v) is 6.97. The zero-order chi connectivity index (χ0) is 21.4. The molecule has 0 radical (unpaired) electrons. The van der Waals surface area contributed by atoms with Crippen molar-refractivity contribution in [2.75, 3.05) is 0 Å². The van der Waals surface area contributed by atoms with Gasteiger partial charge in [0.2, 0.25) is 0 Å². The molecule has 1 unspecified atom stereocenters. The Morgan fingerprint density at radius 1 is 1.00 bits per heavy atom. The topological polar surface area (TPSA) is 39.4 Å². The number of hydrogen-bond donors (Lipinski definition) is 0. The maximum absolute atomic E-state index is 13.4. The average molecular weight is 396 g/mol. The first-order valence-corrected chi connectivity index (χ1v) is 9.92. The summed E-state index contributed by atoms with van der Waals surface area (Å²) < 4.78 is 15.1. The van der Waals surface area contributed by atoms with Crippen LogP contribution in [0.1, 0.15) is 45.4 Å². The quantitative estimate of drug-likeness (QED) is 0.514. The van der Waals surface area contributed by atoms with Crippen LogP contribution in [0.25, 0.3) is 11.3 Å². The Bertz CT molecular complexity index is 950. The molecule has 0 saturated carbocycles. The Morgan fingerprint density at radius 2 is 1.62 bits per heavy atom. The van der Waals surface area contributed by atoms with Gasteiger partial charge in [-0.3, -0.25) is 4.68 Å². The normalized spacial score (nSPS) is 17.3. The van der Waals surface area contributed by atoms with Gasteiger partial charge in [0.15, 0.2) is 5.60 Å². The summed E-state index contributed by atoms with van der Waals surface area (Å²) in [7, 11) is 1.81. The third-order valence-electron chi connectivity index (χ3n) is 4.53. The zero-order valence-electron chi connectivity index (χ0n) is 18.1. The van der Waals surface area contributed by atoms with Gasteiger partial charge in [0.25, 0.3) is 0 Å². The molecule has 0 amide bonds. The fourth-order valence-electron chi connectivity index (χ4n) is 3.21. The summed E-state index contributed by atoms with van der Waals surface area (Å²) in [5.74, 6) is -0.212. The van der Waals surface area contributed by atoms with E-state index in [9.17, 15) is 4.39 Å².